The number of piperidine rings is 1. The second kappa shape index (κ2) is 8.58. The molecule has 1 aromatic rings. The molecule has 0 radical (unpaired) electrons. The summed E-state index contributed by atoms with van der Waals surface area (Å²) in [4.78, 5) is 12.5. The zero-order chi connectivity index (χ0) is 17.6. The van der Waals surface area contributed by atoms with E-state index in [9.17, 15) is 4.79 Å². The molecule has 0 atom stereocenters. The molecule has 1 saturated heterocycles. The van der Waals surface area contributed by atoms with Crippen molar-refractivity contribution in [2.45, 2.75) is 33.1 Å². The highest BCUT2D eigenvalue weighted by atomic mass is 35.5. The minimum atomic E-state index is -0.142. The van der Waals surface area contributed by atoms with Crippen LogP contribution < -0.4 is 20.1 Å². The molecule has 1 heterocycles. The summed E-state index contributed by atoms with van der Waals surface area (Å²) in [5, 5.41) is 6.76. The second-order valence-electron chi connectivity index (χ2n) is 6.58. The number of halogens is 1. The third kappa shape index (κ3) is 4.77. The molecule has 2 N–H and O–H groups in total. The first kappa shape index (κ1) is 18.9. The van der Waals surface area contributed by atoms with Crippen LogP contribution in [0.25, 0.3) is 0 Å². The van der Waals surface area contributed by atoms with E-state index in [0.717, 1.165) is 32.4 Å². The first-order valence-corrected chi connectivity index (χ1v) is 8.86. The van der Waals surface area contributed by atoms with Gasteiger partial charge in [-0.05, 0) is 49.9 Å². The lowest BCUT2D eigenvalue weighted by Gasteiger charge is -2.34. The van der Waals surface area contributed by atoms with Crippen LogP contribution in [-0.4, -0.2) is 39.3 Å². The van der Waals surface area contributed by atoms with Gasteiger partial charge in [-0.2, -0.15) is 0 Å². The van der Waals surface area contributed by atoms with Gasteiger partial charge in [-0.3, -0.25) is 4.79 Å². The number of ether oxygens (including phenoxy) is 2. The van der Waals surface area contributed by atoms with E-state index >= 15 is 0 Å². The first-order valence-electron chi connectivity index (χ1n) is 8.48. The molecule has 0 unspecified atom stereocenters. The second-order valence-corrected chi connectivity index (χ2v) is 6.99. The van der Waals surface area contributed by atoms with Gasteiger partial charge in [0, 0.05) is 12.1 Å². The van der Waals surface area contributed by atoms with Crippen molar-refractivity contribution < 1.29 is 14.3 Å². The van der Waals surface area contributed by atoms with Crippen molar-refractivity contribution in [1.82, 2.24) is 10.6 Å². The highest BCUT2D eigenvalue weighted by Crippen LogP contribution is 2.36. The van der Waals surface area contributed by atoms with E-state index in [0.29, 0.717) is 35.2 Å². The van der Waals surface area contributed by atoms with Crippen LogP contribution in [0.4, 0.5) is 0 Å². The average Bonchev–Trinajstić information content (AvgIpc) is 2.58. The van der Waals surface area contributed by atoms with Crippen LogP contribution in [-0.2, 0) is 0 Å². The van der Waals surface area contributed by atoms with Crippen LogP contribution in [0.1, 0.15) is 43.5 Å². The number of benzene rings is 1. The molecule has 1 aliphatic rings. The molecule has 0 saturated carbocycles. The summed E-state index contributed by atoms with van der Waals surface area (Å²) < 4.78 is 10.9. The molecule has 1 aliphatic heterocycles. The minimum Gasteiger partial charge on any atom is -0.493 e. The Bertz CT molecular complexity index is 572. The lowest BCUT2D eigenvalue weighted by atomic mass is 9.81. The molecular weight excluding hydrogens is 328 g/mol. The molecule has 6 heteroatoms. The maximum absolute atomic E-state index is 12.5. The summed E-state index contributed by atoms with van der Waals surface area (Å²) in [6.45, 7) is 7.42. The Kier molecular flexibility index (Phi) is 6.75. The van der Waals surface area contributed by atoms with Gasteiger partial charge in [-0.1, -0.05) is 25.4 Å². The monoisotopic (exact) mass is 354 g/mol. The molecule has 1 amide bonds. The van der Waals surface area contributed by atoms with Crippen LogP contribution in [0.15, 0.2) is 12.1 Å². The Morgan fingerprint density at radius 1 is 1.38 bits per heavy atom. The topological polar surface area (TPSA) is 59.6 Å². The van der Waals surface area contributed by atoms with Crippen molar-refractivity contribution >= 4 is 17.5 Å². The lowest BCUT2D eigenvalue weighted by Crippen LogP contribution is -2.42. The molecule has 5 nitrogen and oxygen atoms in total. The van der Waals surface area contributed by atoms with Crippen molar-refractivity contribution in [3.63, 3.8) is 0 Å². The van der Waals surface area contributed by atoms with Gasteiger partial charge in [0.1, 0.15) is 0 Å². The summed E-state index contributed by atoms with van der Waals surface area (Å²) in [6.07, 6.45) is 2.98. The van der Waals surface area contributed by atoms with Gasteiger partial charge >= 0.3 is 0 Å². The fourth-order valence-corrected chi connectivity index (χ4v) is 3.06. The Hall–Kier alpha value is -1.46. The summed E-state index contributed by atoms with van der Waals surface area (Å²) in [7, 11) is 1.54. The number of nitrogens with one attached hydrogen (secondary N) is 2. The largest absolute Gasteiger partial charge is 0.493 e. The third-order valence-electron chi connectivity index (χ3n) is 4.43. The summed E-state index contributed by atoms with van der Waals surface area (Å²) in [6, 6.07) is 3.31. The number of rotatable bonds is 7. The highest BCUT2D eigenvalue weighted by molar-refractivity contribution is 6.32. The maximum Gasteiger partial charge on any atom is 0.251 e. The summed E-state index contributed by atoms with van der Waals surface area (Å²) in [5.41, 5.74) is 0.622. The Balaban J connectivity index is 2.07. The normalized spacial score (nSPS) is 16.5. The molecule has 134 valence electrons. The predicted molar refractivity (Wildman–Crippen MR) is 96.3 cm³/mol. The third-order valence-corrected chi connectivity index (χ3v) is 4.71. The number of hydrogen-bond acceptors (Lipinski definition) is 4. The van der Waals surface area contributed by atoms with E-state index in [4.69, 9.17) is 21.1 Å². The van der Waals surface area contributed by atoms with Gasteiger partial charge in [0.2, 0.25) is 0 Å². The smallest absolute Gasteiger partial charge is 0.251 e. The number of amides is 1. The number of carbonyl (C=O) groups is 1. The van der Waals surface area contributed by atoms with Crippen molar-refractivity contribution in [2.75, 3.05) is 33.4 Å². The van der Waals surface area contributed by atoms with E-state index in [1.54, 1.807) is 19.2 Å². The predicted octanol–water partition coefficient (Wildman–Crippen LogP) is 3.26. The van der Waals surface area contributed by atoms with Crippen molar-refractivity contribution in [3.8, 4) is 11.5 Å². The van der Waals surface area contributed by atoms with E-state index in [-0.39, 0.29) is 11.3 Å². The van der Waals surface area contributed by atoms with Crippen molar-refractivity contribution in [3.05, 3.63) is 22.7 Å². The minimum absolute atomic E-state index is 0.138. The van der Waals surface area contributed by atoms with E-state index in [1.807, 2.05) is 6.92 Å². The zero-order valence-corrected chi connectivity index (χ0v) is 15.5. The Morgan fingerprint density at radius 3 is 2.71 bits per heavy atom. The number of hydrogen-bond donors (Lipinski definition) is 2. The Morgan fingerprint density at radius 2 is 2.08 bits per heavy atom. The standard InChI is InChI=1S/C18H27ClN2O3/c1-4-9-24-16-14(19)10-13(11-15(16)23-3)17(22)21-12-18(2)5-7-20-8-6-18/h10-11,20H,4-9,12H2,1-3H3,(H,21,22). The highest BCUT2D eigenvalue weighted by Gasteiger charge is 2.27. The molecule has 1 fully saturated rings. The van der Waals surface area contributed by atoms with Crippen LogP contribution in [0.3, 0.4) is 0 Å². The number of carbonyl (C=O) groups excluding carboxylic acids is 1. The molecule has 0 aromatic heterocycles. The SMILES string of the molecule is CCCOc1c(Cl)cc(C(=O)NCC2(C)CCNCC2)cc1OC. The molecular formula is C18H27ClN2O3. The molecule has 0 aliphatic carbocycles. The van der Waals surface area contributed by atoms with Crippen LogP contribution >= 0.6 is 11.6 Å². The fraction of sp³-hybridized carbons (Fsp3) is 0.611. The van der Waals surface area contributed by atoms with Crippen molar-refractivity contribution in [2.24, 2.45) is 5.41 Å². The fourth-order valence-electron chi connectivity index (χ4n) is 2.80. The first-order chi connectivity index (χ1) is 11.5. The molecule has 0 spiro atoms. The average molecular weight is 355 g/mol. The quantitative estimate of drug-likeness (QED) is 0.789. The zero-order valence-electron chi connectivity index (χ0n) is 14.7. The van der Waals surface area contributed by atoms with Crippen LogP contribution in [0, 0.1) is 5.41 Å². The lowest BCUT2D eigenvalue weighted by molar-refractivity contribution is 0.0922. The summed E-state index contributed by atoms with van der Waals surface area (Å²) >= 11 is 6.28. The van der Waals surface area contributed by atoms with Crippen LogP contribution in [0.5, 0.6) is 11.5 Å². The molecule has 1 aromatic carbocycles. The van der Waals surface area contributed by atoms with Gasteiger partial charge < -0.3 is 20.1 Å². The van der Waals surface area contributed by atoms with Gasteiger partial charge in [-0.15, -0.1) is 0 Å². The van der Waals surface area contributed by atoms with Gasteiger partial charge in [0.05, 0.1) is 18.7 Å². The molecule has 24 heavy (non-hydrogen) atoms. The maximum atomic E-state index is 12.5. The number of methoxy groups -OCH3 is 1. The molecule has 2 rings (SSSR count). The van der Waals surface area contributed by atoms with Gasteiger partial charge in [0.25, 0.3) is 5.91 Å². The van der Waals surface area contributed by atoms with Gasteiger partial charge in [-0.25, -0.2) is 0 Å². The van der Waals surface area contributed by atoms with E-state index in [1.165, 1.54) is 0 Å². The molecule has 0 bridgehead atoms. The van der Waals surface area contributed by atoms with Gasteiger partial charge in [0.15, 0.2) is 11.5 Å². The van der Waals surface area contributed by atoms with E-state index in [2.05, 4.69) is 17.6 Å². The van der Waals surface area contributed by atoms with E-state index < -0.39 is 0 Å². The summed E-state index contributed by atoms with van der Waals surface area (Å²) in [5.74, 6) is 0.828. The van der Waals surface area contributed by atoms with Crippen molar-refractivity contribution in [1.29, 1.82) is 0 Å². The Labute approximate surface area is 149 Å². The van der Waals surface area contributed by atoms with Crippen LogP contribution in [0.2, 0.25) is 5.02 Å².